The highest BCUT2D eigenvalue weighted by Gasteiger charge is 2.64. The van der Waals surface area contributed by atoms with Crippen LogP contribution in [0.5, 0.6) is 0 Å². The molecule has 418 valence electrons. The molecule has 7 fully saturated rings. The van der Waals surface area contributed by atoms with Crippen LogP contribution < -0.4 is 0 Å². The van der Waals surface area contributed by atoms with Crippen molar-refractivity contribution in [1.82, 2.24) is 0 Å². The van der Waals surface area contributed by atoms with E-state index in [-0.39, 0.29) is 29.5 Å². The molecule has 22 nitrogen and oxygen atoms in total. The van der Waals surface area contributed by atoms with Crippen molar-refractivity contribution in [2.24, 2.45) is 40.4 Å². The number of rotatable bonds is 15. The summed E-state index contributed by atoms with van der Waals surface area (Å²) in [6.07, 6.45) is -20.6. The molecule has 0 amide bonds. The van der Waals surface area contributed by atoms with Crippen molar-refractivity contribution in [3.05, 3.63) is 23.0 Å². The van der Waals surface area contributed by atoms with Crippen molar-refractivity contribution in [3.63, 3.8) is 0 Å². The molecular formula is C51H82O22. The van der Waals surface area contributed by atoms with Crippen molar-refractivity contribution >= 4 is 0 Å². The molecule has 4 saturated heterocycles. The van der Waals surface area contributed by atoms with E-state index in [1.165, 1.54) is 18.1 Å². The smallest absolute Gasteiger partial charge is 0.187 e. The highest BCUT2D eigenvalue weighted by molar-refractivity contribution is 5.30. The Balaban J connectivity index is 0.855. The first kappa shape index (κ1) is 56.2. The summed E-state index contributed by atoms with van der Waals surface area (Å²) in [5.74, 6) is 2.79. The standard InChI is InChI=1S/C51H82O22/c1-20(7-6-14-65-46-39(61)37(59)34(56)29(17-52)69-46)43-21(2)32-28(68-43)16-27-25-9-8-23-15-24(10-12-50(23,4)26(25)11-13-51(27,32)5)67-49-45(73-47-40(62)36(58)33(55)22(3)66-47)42(64)44(31(19-54)71-49)72-48-41(63)38(60)35(57)30(18-53)70-48/h8,20,22,24-42,44-49,52-64H,6-7,9-19H2,1-5H3/t20-,22-,24-,25+,26-,27-,28-,29+,30+,31+,32-,33-,34+,35+,36+,37-,38-,39+,40+,41+,42-,44+,45+,46+,47-,48-,49+,50-,51-/m0/s1. The monoisotopic (exact) mass is 1050 g/mol. The number of aliphatic hydroxyl groups excluding tert-OH is 13. The summed E-state index contributed by atoms with van der Waals surface area (Å²) < 4.78 is 54.6. The second-order valence-electron chi connectivity index (χ2n) is 23.1. The molecule has 9 aliphatic rings. The van der Waals surface area contributed by atoms with Crippen LogP contribution in [-0.4, -0.2) is 228 Å². The van der Waals surface area contributed by atoms with Gasteiger partial charge in [0, 0.05) is 18.4 Å². The summed E-state index contributed by atoms with van der Waals surface area (Å²) in [6.45, 7) is 8.95. The Morgan fingerprint density at radius 1 is 0.644 bits per heavy atom. The minimum absolute atomic E-state index is 0.0506. The lowest BCUT2D eigenvalue weighted by Crippen LogP contribution is -2.67. The van der Waals surface area contributed by atoms with E-state index in [2.05, 4.69) is 33.8 Å². The number of hydrogen-bond acceptors (Lipinski definition) is 22. The predicted octanol–water partition coefficient (Wildman–Crippen LogP) is -2.06. The van der Waals surface area contributed by atoms with Crippen LogP contribution in [0.3, 0.4) is 0 Å². The third-order valence-corrected chi connectivity index (χ3v) is 18.9. The number of ether oxygens (including phenoxy) is 9. The van der Waals surface area contributed by atoms with Crippen molar-refractivity contribution < 1.29 is 109 Å². The highest BCUT2D eigenvalue weighted by Crippen LogP contribution is 2.69. The molecule has 4 aliphatic carbocycles. The summed E-state index contributed by atoms with van der Waals surface area (Å²) in [5.41, 5.74) is 2.53. The van der Waals surface area contributed by atoms with Crippen molar-refractivity contribution in [2.45, 2.75) is 227 Å². The number of fused-ring (bicyclic) bond motifs is 7. The van der Waals surface area contributed by atoms with Gasteiger partial charge in [0.15, 0.2) is 25.2 Å². The van der Waals surface area contributed by atoms with Gasteiger partial charge in [0.25, 0.3) is 0 Å². The third kappa shape index (κ3) is 10.1. The maximum Gasteiger partial charge on any atom is 0.187 e. The van der Waals surface area contributed by atoms with Gasteiger partial charge in [-0.05, 0) is 106 Å². The fourth-order valence-corrected chi connectivity index (χ4v) is 14.7. The molecule has 0 unspecified atom stereocenters. The first-order valence-corrected chi connectivity index (χ1v) is 26.6. The molecule has 9 rings (SSSR count). The molecule has 5 heterocycles. The van der Waals surface area contributed by atoms with Crippen LogP contribution >= 0.6 is 0 Å². The first-order valence-electron chi connectivity index (χ1n) is 26.6. The number of allylic oxidation sites excluding steroid dienone is 2. The van der Waals surface area contributed by atoms with Gasteiger partial charge in [0.1, 0.15) is 97.7 Å². The molecule has 13 N–H and O–H groups in total. The summed E-state index contributed by atoms with van der Waals surface area (Å²) in [7, 11) is 0. The quantitative estimate of drug-likeness (QED) is 0.0620. The fraction of sp³-hybridized carbons (Fsp3) is 0.922. The topological polar surface area (TPSA) is 346 Å². The van der Waals surface area contributed by atoms with E-state index >= 15 is 0 Å². The Bertz CT molecular complexity index is 1940. The normalized spacial score (nSPS) is 52.4. The average molecular weight is 1050 g/mol. The van der Waals surface area contributed by atoms with Gasteiger partial charge in [0.2, 0.25) is 0 Å². The van der Waals surface area contributed by atoms with Gasteiger partial charge < -0.3 is 109 Å². The Kier molecular flexibility index (Phi) is 17.2. The second kappa shape index (κ2) is 22.3. The largest absolute Gasteiger partial charge is 0.494 e. The third-order valence-electron chi connectivity index (χ3n) is 18.9. The zero-order valence-corrected chi connectivity index (χ0v) is 42.3. The minimum atomic E-state index is -1.84. The molecule has 5 aliphatic heterocycles. The molecule has 0 aromatic heterocycles. The lowest BCUT2D eigenvalue weighted by Gasteiger charge is -2.58. The van der Waals surface area contributed by atoms with Crippen LogP contribution in [0.2, 0.25) is 0 Å². The Hall–Kier alpha value is -1.56. The molecule has 0 aromatic rings. The molecule has 3 saturated carbocycles. The minimum Gasteiger partial charge on any atom is -0.494 e. The van der Waals surface area contributed by atoms with E-state index in [1.807, 2.05) is 0 Å². The summed E-state index contributed by atoms with van der Waals surface area (Å²) in [6, 6.07) is 0. The van der Waals surface area contributed by atoms with E-state index in [1.54, 1.807) is 0 Å². The predicted molar refractivity (Wildman–Crippen MR) is 249 cm³/mol. The van der Waals surface area contributed by atoms with Crippen molar-refractivity contribution in [3.8, 4) is 0 Å². The summed E-state index contributed by atoms with van der Waals surface area (Å²) in [5, 5.41) is 136. The molecule has 0 aromatic carbocycles. The molecule has 0 radical (unpaired) electrons. The number of hydrogen-bond donors (Lipinski definition) is 13. The van der Waals surface area contributed by atoms with E-state index in [0.29, 0.717) is 42.9 Å². The molecule has 0 spiro atoms. The Morgan fingerprint density at radius 2 is 1.23 bits per heavy atom. The van der Waals surface area contributed by atoms with E-state index in [0.717, 1.165) is 44.3 Å². The number of aliphatic hydroxyl groups is 13. The van der Waals surface area contributed by atoms with Crippen molar-refractivity contribution in [2.75, 3.05) is 26.4 Å². The maximum absolute atomic E-state index is 12.1. The van der Waals surface area contributed by atoms with Gasteiger partial charge in [-0.1, -0.05) is 32.4 Å². The molecule has 0 bridgehead atoms. The summed E-state index contributed by atoms with van der Waals surface area (Å²) in [4.78, 5) is 0. The second-order valence-corrected chi connectivity index (χ2v) is 23.1. The lowest BCUT2D eigenvalue weighted by molar-refractivity contribution is -0.389. The van der Waals surface area contributed by atoms with Crippen LogP contribution in [0.1, 0.15) is 92.4 Å². The van der Waals surface area contributed by atoms with Gasteiger partial charge >= 0.3 is 0 Å². The Labute approximate surface area is 425 Å². The van der Waals surface area contributed by atoms with Crippen LogP contribution in [0, 0.1) is 40.4 Å². The zero-order chi connectivity index (χ0) is 52.6. The van der Waals surface area contributed by atoms with Gasteiger partial charge in [0.05, 0.1) is 37.8 Å². The zero-order valence-electron chi connectivity index (χ0n) is 42.3. The lowest BCUT2D eigenvalue weighted by atomic mass is 9.47. The van der Waals surface area contributed by atoms with Gasteiger partial charge in [-0.25, -0.2) is 0 Å². The van der Waals surface area contributed by atoms with Gasteiger partial charge in [-0.3, -0.25) is 0 Å². The summed E-state index contributed by atoms with van der Waals surface area (Å²) >= 11 is 0. The molecule has 22 heteroatoms. The van der Waals surface area contributed by atoms with E-state index < -0.39 is 149 Å². The van der Waals surface area contributed by atoms with Gasteiger partial charge in [-0.15, -0.1) is 0 Å². The maximum atomic E-state index is 12.1. The molecule has 29 atom stereocenters. The van der Waals surface area contributed by atoms with Crippen LogP contribution in [0.15, 0.2) is 23.0 Å². The van der Waals surface area contributed by atoms with Crippen LogP contribution in [0.25, 0.3) is 0 Å². The van der Waals surface area contributed by atoms with Crippen molar-refractivity contribution in [1.29, 1.82) is 0 Å². The van der Waals surface area contributed by atoms with Crippen LogP contribution in [0.4, 0.5) is 0 Å². The van der Waals surface area contributed by atoms with E-state index in [9.17, 15) is 66.4 Å². The fourth-order valence-electron chi connectivity index (χ4n) is 14.7. The first-order chi connectivity index (χ1) is 34.7. The van der Waals surface area contributed by atoms with E-state index in [4.69, 9.17) is 42.6 Å². The van der Waals surface area contributed by atoms with Crippen LogP contribution in [-0.2, 0) is 42.6 Å². The highest BCUT2D eigenvalue weighted by atomic mass is 16.8. The average Bonchev–Trinajstić information content (AvgIpc) is 3.88. The molecular weight excluding hydrogens is 965 g/mol. The molecule has 73 heavy (non-hydrogen) atoms. The van der Waals surface area contributed by atoms with Gasteiger partial charge in [-0.2, -0.15) is 0 Å². The Morgan fingerprint density at radius 3 is 1.89 bits per heavy atom. The SMILES string of the molecule is CC1=C([C@@H](C)CCCO[C@@H]2O[C@H](CO)[C@@H](O)[C@H](O)[C@H]2O)O[C@H]2C[C@H]3[C@@H]4CC=C5C[C@@H](O[C@@H]6O[C@H](CO)[C@@H](O[C@@H]7O[C@H](CO)[C@@H](O)[C@H](O)[C@H]7O)[C@H](O)[C@H]6O[C@@H]6O[C@@H](C)[C@H](O)[C@@H](O)[C@H]6O)CC[C@]5(C)[C@H]4CC[C@]3(C)[C@@H]12.